The zero-order valence-electron chi connectivity index (χ0n) is 21.3. The van der Waals surface area contributed by atoms with E-state index >= 15 is 0 Å². The van der Waals surface area contributed by atoms with Crippen LogP contribution in [0.5, 0.6) is 0 Å². The van der Waals surface area contributed by atoms with Gasteiger partial charge in [-0.3, -0.25) is 9.59 Å². The summed E-state index contributed by atoms with van der Waals surface area (Å²) in [5.74, 6) is 1.66. The molecule has 1 aromatic heterocycles. The normalized spacial score (nSPS) is 22.8. The SMILES string of the molecule is CC1CCC(c2cn(C)c3ccc(NC(=O)c4cccc(C#N)c4)cc23)CCC1C(=O)C1CCCC1. The number of carbonyl (C=O) groups is 2. The van der Waals surface area contributed by atoms with Crippen molar-refractivity contribution >= 4 is 28.3 Å². The van der Waals surface area contributed by atoms with Gasteiger partial charge < -0.3 is 9.88 Å². The average Bonchev–Trinajstić information content (AvgIpc) is 3.49. The van der Waals surface area contributed by atoms with Gasteiger partial charge in [0.15, 0.2) is 0 Å². The molecule has 2 fully saturated rings. The summed E-state index contributed by atoms with van der Waals surface area (Å²) in [6.07, 6.45) is 11.0. The third kappa shape index (κ3) is 4.82. The first kappa shape index (κ1) is 24.3. The molecule has 1 heterocycles. The summed E-state index contributed by atoms with van der Waals surface area (Å²) in [6.45, 7) is 2.28. The lowest BCUT2D eigenvalue weighted by atomic mass is 9.80. The van der Waals surface area contributed by atoms with Crippen LogP contribution in [-0.2, 0) is 11.8 Å². The number of aromatic nitrogens is 1. The van der Waals surface area contributed by atoms with Crippen LogP contribution in [0, 0.1) is 29.1 Å². The molecule has 5 heteroatoms. The molecule has 2 aliphatic rings. The number of anilines is 1. The van der Waals surface area contributed by atoms with Crippen LogP contribution in [0.25, 0.3) is 10.9 Å². The lowest BCUT2D eigenvalue weighted by molar-refractivity contribution is -0.128. The van der Waals surface area contributed by atoms with E-state index in [1.165, 1.54) is 23.8 Å². The van der Waals surface area contributed by atoms with Crippen LogP contribution < -0.4 is 5.32 Å². The zero-order valence-corrected chi connectivity index (χ0v) is 21.3. The molecule has 3 unspecified atom stereocenters. The van der Waals surface area contributed by atoms with Crippen molar-refractivity contribution in [1.82, 2.24) is 4.57 Å². The minimum atomic E-state index is -0.222. The fraction of sp³-hybridized carbons (Fsp3) is 0.452. The van der Waals surface area contributed by atoms with Gasteiger partial charge in [-0.25, -0.2) is 0 Å². The first-order chi connectivity index (χ1) is 17.4. The molecule has 5 rings (SSSR count). The van der Waals surface area contributed by atoms with Gasteiger partial charge in [0.05, 0.1) is 11.6 Å². The van der Waals surface area contributed by atoms with Crippen molar-refractivity contribution < 1.29 is 9.59 Å². The number of nitriles is 1. The number of benzene rings is 2. The number of ketones is 1. The minimum absolute atomic E-state index is 0.201. The van der Waals surface area contributed by atoms with E-state index in [1.54, 1.807) is 24.3 Å². The van der Waals surface area contributed by atoms with Crippen molar-refractivity contribution in [3.8, 4) is 6.07 Å². The molecular weight excluding hydrogens is 446 g/mol. The largest absolute Gasteiger partial charge is 0.350 e. The minimum Gasteiger partial charge on any atom is -0.350 e. The highest BCUT2D eigenvalue weighted by molar-refractivity contribution is 6.05. The van der Waals surface area contributed by atoms with E-state index in [4.69, 9.17) is 5.26 Å². The van der Waals surface area contributed by atoms with Gasteiger partial charge >= 0.3 is 0 Å². The predicted octanol–water partition coefficient (Wildman–Crippen LogP) is 6.97. The molecule has 2 saturated carbocycles. The Morgan fingerprint density at radius 1 is 1.00 bits per heavy atom. The van der Waals surface area contributed by atoms with Gasteiger partial charge in [0.2, 0.25) is 0 Å². The van der Waals surface area contributed by atoms with Crippen molar-refractivity contribution in [3.63, 3.8) is 0 Å². The molecule has 0 aliphatic heterocycles. The van der Waals surface area contributed by atoms with E-state index in [9.17, 15) is 9.59 Å². The molecule has 36 heavy (non-hydrogen) atoms. The number of amides is 1. The summed E-state index contributed by atoms with van der Waals surface area (Å²) in [5.41, 5.74) is 4.15. The third-order valence-corrected chi connectivity index (χ3v) is 8.58. The number of nitrogens with one attached hydrogen (secondary N) is 1. The monoisotopic (exact) mass is 481 g/mol. The van der Waals surface area contributed by atoms with E-state index in [2.05, 4.69) is 48.3 Å². The van der Waals surface area contributed by atoms with Gasteiger partial charge in [-0.15, -0.1) is 0 Å². The summed E-state index contributed by atoms with van der Waals surface area (Å²) in [5, 5.41) is 13.3. The quantitative estimate of drug-likeness (QED) is 0.400. The molecule has 0 saturated heterocycles. The Labute approximate surface area is 213 Å². The zero-order chi connectivity index (χ0) is 25.2. The molecule has 3 atom stereocenters. The number of carbonyl (C=O) groups excluding carboxylic acids is 2. The van der Waals surface area contributed by atoms with Gasteiger partial charge in [0.1, 0.15) is 5.78 Å². The van der Waals surface area contributed by atoms with E-state index < -0.39 is 0 Å². The molecule has 0 bridgehead atoms. The smallest absolute Gasteiger partial charge is 0.255 e. The van der Waals surface area contributed by atoms with E-state index in [0.29, 0.717) is 34.7 Å². The third-order valence-electron chi connectivity index (χ3n) is 8.58. The maximum absolute atomic E-state index is 13.3. The Morgan fingerprint density at radius 2 is 1.78 bits per heavy atom. The van der Waals surface area contributed by atoms with Crippen molar-refractivity contribution in [2.24, 2.45) is 24.8 Å². The van der Waals surface area contributed by atoms with Crippen LogP contribution in [0.2, 0.25) is 0 Å². The molecule has 1 N–H and O–H groups in total. The highest BCUT2D eigenvalue weighted by Crippen LogP contribution is 2.42. The topological polar surface area (TPSA) is 74.9 Å². The van der Waals surface area contributed by atoms with Gasteiger partial charge in [-0.05, 0) is 92.3 Å². The molecule has 1 amide bonds. The molecule has 2 aliphatic carbocycles. The maximum Gasteiger partial charge on any atom is 0.255 e. The van der Waals surface area contributed by atoms with E-state index in [0.717, 1.165) is 49.7 Å². The molecule has 0 spiro atoms. The molecule has 0 radical (unpaired) electrons. The van der Waals surface area contributed by atoms with E-state index in [1.807, 2.05) is 6.07 Å². The van der Waals surface area contributed by atoms with Crippen LogP contribution in [-0.4, -0.2) is 16.3 Å². The number of nitrogens with zero attached hydrogens (tertiary/aromatic N) is 2. The number of hydrogen-bond acceptors (Lipinski definition) is 3. The van der Waals surface area contributed by atoms with Gasteiger partial charge in [0.25, 0.3) is 5.91 Å². The van der Waals surface area contributed by atoms with E-state index in [-0.39, 0.29) is 11.8 Å². The first-order valence-corrected chi connectivity index (χ1v) is 13.4. The molecule has 2 aromatic carbocycles. The van der Waals surface area contributed by atoms with Crippen LogP contribution in [0.15, 0.2) is 48.7 Å². The van der Waals surface area contributed by atoms with Crippen LogP contribution in [0.3, 0.4) is 0 Å². The number of rotatable bonds is 5. The lowest BCUT2D eigenvalue weighted by Crippen LogP contribution is -2.26. The van der Waals surface area contributed by atoms with Crippen LogP contribution in [0.1, 0.15) is 85.7 Å². The predicted molar refractivity (Wildman–Crippen MR) is 143 cm³/mol. The second-order valence-corrected chi connectivity index (χ2v) is 10.9. The van der Waals surface area contributed by atoms with Crippen molar-refractivity contribution in [2.45, 2.75) is 64.2 Å². The molecular formula is C31H35N3O2. The summed E-state index contributed by atoms with van der Waals surface area (Å²) >= 11 is 0. The fourth-order valence-corrected chi connectivity index (χ4v) is 6.48. The second kappa shape index (κ2) is 10.3. The highest BCUT2D eigenvalue weighted by Gasteiger charge is 2.35. The van der Waals surface area contributed by atoms with Gasteiger partial charge in [0, 0.05) is 47.2 Å². The van der Waals surface area contributed by atoms with Crippen molar-refractivity contribution in [2.75, 3.05) is 5.32 Å². The number of fused-ring (bicyclic) bond motifs is 1. The van der Waals surface area contributed by atoms with Gasteiger partial charge in [-0.2, -0.15) is 5.26 Å². The molecule has 186 valence electrons. The van der Waals surface area contributed by atoms with Crippen LogP contribution >= 0.6 is 0 Å². The Hall–Kier alpha value is -3.39. The Kier molecular flexibility index (Phi) is 6.96. The molecule has 3 aromatic rings. The first-order valence-electron chi connectivity index (χ1n) is 13.4. The lowest BCUT2D eigenvalue weighted by Gasteiger charge is -2.23. The maximum atomic E-state index is 13.3. The summed E-state index contributed by atoms with van der Waals surface area (Å²) in [7, 11) is 2.07. The average molecular weight is 482 g/mol. The Morgan fingerprint density at radius 3 is 2.56 bits per heavy atom. The second-order valence-electron chi connectivity index (χ2n) is 10.9. The standard InChI is InChI=1S/C31H35N3O2/c1-20-10-11-22(12-14-26(20)30(35)23-7-3-4-8-23)28-19-34(2)29-15-13-25(17-27(28)29)33-31(36)24-9-5-6-21(16-24)18-32/h5-6,9,13,15-17,19-20,22-23,26H,3-4,7-8,10-12,14H2,1-2H3,(H,33,36). The summed E-state index contributed by atoms with van der Waals surface area (Å²) < 4.78 is 2.17. The number of hydrogen-bond donors (Lipinski definition) is 1. The fourth-order valence-electron chi connectivity index (χ4n) is 6.48. The highest BCUT2D eigenvalue weighted by atomic mass is 16.1. The molecule has 5 nitrogen and oxygen atoms in total. The summed E-state index contributed by atoms with van der Waals surface area (Å²) in [4.78, 5) is 26.1. The number of aryl methyl sites for hydroxylation is 1. The van der Waals surface area contributed by atoms with Crippen molar-refractivity contribution in [3.05, 3.63) is 65.4 Å². The van der Waals surface area contributed by atoms with Crippen LogP contribution in [0.4, 0.5) is 5.69 Å². The Bertz CT molecular complexity index is 1330. The number of Topliss-reactive ketones (excluding diaryl/α,β-unsaturated/α-hetero) is 1. The van der Waals surface area contributed by atoms with Crippen molar-refractivity contribution in [1.29, 1.82) is 5.26 Å². The Balaban J connectivity index is 1.37. The van der Waals surface area contributed by atoms with Gasteiger partial charge in [-0.1, -0.05) is 25.8 Å². The summed E-state index contributed by atoms with van der Waals surface area (Å²) in [6, 6.07) is 14.9.